The highest BCUT2D eigenvalue weighted by Crippen LogP contribution is 2.13. The van der Waals surface area contributed by atoms with Crippen LogP contribution in [0.3, 0.4) is 0 Å². The van der Waals surface area contributed by atoms with Crippen molar-refractivity contribution in [2.24, 2.45) is 5.92 Å². The van der Waals surface area contributed by atoms with Crippen LogP contribution in [0.4, 0.5) is 5.69 Å². The summed E-state index contributed by atoms with van der Waals surface area (Å²) in [4.78, 5) is 23.4. The van der Waals surface area contributed by atoms with Gasteiger partial charge in [-0.2, -0.15) is 0 Å². The van der Waals surface area contributed by atoms with Crippen molar-refractivity contribution in [1.82, 2.24) is 10.6 Å². The van der Waals surface area contributed by atoms with Crippen molar-refractivity contribution in [3.05, 3.63) is 29.8 Å². The summed E-state index contributed by atoms with van der Waals surface area (Å²) in [5, 5.41) is 8.60. The summed E-state index contributed by atoms with van der Waals surface area (Å²) in [6, 6.07) is 6.96. The van der Waals surface area contributed by atoms with Gasteiger partial charge in [-0.15, -0.1) is 0 Å². The molecule has 5 heteroatoms. The molecule has 1 aromatic carbocycles. The second kappa shape index (κ2) is 5.64. The average molecular weight is 247 g/mol. The molecule has 1 aromatic rings. The van der Waals surface area contributed by atoms with E-state index in [1.807, 2.05) is 6.92 Å². The quantitative estimate of drug-likeness (QED) is 0.729. The van der Waals surface area contributed by atoms with Crippen LogP contribution in [0.2, 0.25) is 0 Å². The number of hydrogen-bond acceptors (Lipinski definition) is 3. The summed E-state index contributed by atoms with van der Waals surface area (Å²) in [5.41, 5.74) is 1.22. The normalized spacial score (nSPS) is 14.7. The highest BCUT2D eigenvalue weighted by atomic mass is 16.2. The maximum Gasteiger partial charge on any atom is 0.251 e. The second-order valence-corrected chi connectivity index (χ2v) is 4.28. The third-order valence-corrected chi connectivity index (χ3v) is 2.88. The van der Waals surface area contributed by atoms with Crippen LogP contribution in [0.1, 0.15) is 17.3 Å². The zero-order chi connectivity index (χ0) is 13.0. The molecule has 0 bridgehead atoms. The molecule has 0 atom stereocenters. The smallest absolute Gasteiger partial charge is 0.251 e. The molecule has 1 aliphatic heterocycles. The van der Waals surface area contributed by atoms with Gasteiger partial charge < -0.3 is 16.0 Å². The number of amides is 2. The summed E-state index contributed by atoms with van der Waals surface area (Å²) in [5.74, 6) is -0.0844. The van der Waals surface area contributed by atoms with Crippen LogP contribution in [-0.2, 0) is 4.79 Å². The monoisotopic (exact) mass is 247 g/mol. The maximum absolute atomic E-state index is 11.7. The van der Waals surface area contributed by atoms with E-state index < -0.39 is 0 Å². The molecule has 2 rings (SSSR count). The van der Waals surface area contributed by atoms with Crippen molar-refractivity contribution >= 4 is 17.5 Å². The van der Waals surface area contributed by atoms with Crippen LogP contribution in [0, 0.1) is 5.92 Å². The lowest BCUT2D eigenvalue weighted by Crippen LogP contribution is -2.48. The molecule has 2 amide bonds. The summed E-state index contributed by atoms with van der Waals surface area (Å²) in [6.45, 7) is 3.90. The molecule has 0 spiro atoms. The lowest BCUT2D eigenvalue weighted by Gasteiger charge is -2.25. The Hall–Kier alpha value is -1.88. The number of anilines is 1. The topological polar surface area (TPSA) is 70.2 Å². The Kier molecular flexibility index (Phi) is 3.94. The molecule has 1 saturated heterocycles. The minimum Gasteiger partial charge on any atom is -0.352 e. The lowest BCUT2D eigenvalue weighted by atomic mass is 10.0. The fraction of sp³-hybridized carbons (Fsp3) is 0.385. The second-order valence-electron chi connectivity index (χ2n) is 4.28. The van der Waals surface area contributed by atoms with E-state index in [1.165, 1.54) is 0 Å². The largest absolute Gasteiger partial charge is 0.352 e. The Balaban J connectivity index is 2.02. The first-order valence-corrected chi connectivity index (χ1v) is 6.10. The van der Waals surface area contributed by atoms with Gasteiger partial charge in [-0.25, -0.2) is 0 Å². The zero-order valence-electron chi connectivity index (χ0n) is 10.3. The van der Waals surface area contributed by atoms with E-state index in [1.54, 1.807) is 24.3 Å². The third kappa shape index (κ3) is 2.87. The molecule has 0 aliphatic carbocycles. The number of carbonyl (C=O) groups is 2. The first-order chi connectivity index (χ1) is 8.70. The van der Waals surface area contributed by atoms with Crippen molar-refractivity contribution < 1.29 is 9.59 Å². The van der Waals surface area contributed by atoms with Gasteiger partial charge in [0.05, 0.1) is 5.92 Å². The average Bonchev–Trinajstić information content (AvgIpc) is 2.27. The van der Waals surface area contributed by atoms with Gasteiger partial charge in [0, 0.05) is 30.9 Å². The van der Waals surface area contributed by atoms with Crippen molar-refractivity contribution in [1.29, 1.82) is 0 Å². The molecule has 1 heterocycles. The minimum absolute atomic E-state index is 0.00167. The Morgan fingerprint density at radius 3 is 2.78 bits per heavy atom. The predicted molar refractivity (Wildman–Crippen MR) is 69.4 cm³/mol. The Morgan fingerprint density at radius 2 is 2.17 bits per heavy atom. The van der Waals surface area contributed by atoms with Gasteiger partial charge in [0.15, 0.2) is 0 Å². The molecule has 5 nitrogen and oxygen atoms in total. The van der Waals surface area contributed by atoms with Crippen molar-refractivity contribution in [3.8, 4) is 0 Å². The van der Waals surface area contributed by atoms with E-state index in [0.717, 1.165) is 13.1 Å². The standard InChI is InChI=1S/C13H17N3O2/c1-2-15-12(17)9-4-3-5-11(6-9)16-13(18)10-7-14-8-10/h3-6,10,14H,2,7-8H2,1H3,(H,15,17)(H,16,18). The summed E-state index contributed by atoms with van der Waals surface area (Å²) in [6.07, 6.45) is 0. The number of nitrogens with one attached hydrogen (secondary N) is 3. The molecular formula is C13H17N3O2. The lowest BCUT2D eigenvalue weighted by molar-refractivity contribution is -0.121. The van der Waals surface area contributed by atoms with E-state index in [-0.39, 0.29) is 17.7 Å². The maximum atomic E-state index is 11.7. The van der Waals surface area contributed by atoms with Gasteiger partial charge in [-0.05, 0) is 25.1 Å². The van der Waals surface area contributed by atoms with Gasteiger partial charge in [0.2, 0.25) is 5.91 Å². The van der Waals surface area contributed by atoms with Crippen LogP contribution < -0.4 is 16.0 Å². The first kappa shape index (κ1) is 12.6. The molecule has 96 valence electrons. The van der Waals surface area contributed by atoms with E-state index in [9.17, 15) is 9.59 Å². The number of hydrogen-bond donors (Lipinski definition) is 3. The van der Waals surface area contributed by atoms with Gasteiger partial charge in [0.25, 0.3) is 5.91 Å². The van der Waals surface area contributed by atoms with Crippen LogP contribution >= 0.6 is 0 Å². The van der Waals surface area contributed by atoms with E-state index >= 15 is 0 Å². The zero-order valence-corrected chi connectivity index (χ0v) is 10.3. The Labute approximate surface area is 106 Å². The number of benzene rings is 1. The highest BCUT2D eigenvalue weighted by molar-refractivity contribution is 5.97. The minimum atomic E-state index is -0.126. The number of rotatable bonds is 4. The molecule has 1 aliphatic rings. The van der Waals surface area contributed by atoms with Gasteiger partial charge in [-0.3, -0.25) is 9.59 Å². The van der Waals surface area contributed by atoms with E-state index in [4.69, 9.17) is 0 Å². The van der Waals surface area contributed by atoms with Crippen LogP contribution in [-0.4, -0.2) is 31.4 Å². The predicted octanol–water partition coefficient (Wildman–Crippen LogP) is 0.594. The van der Waals surface area contributed by atoms with Gasteiger partial charge in [0.1, 0.15) is 0 Å². The first-order valence-electron chi connectivity index (χ1n) is 6.10. The van der Waals surface area contributed by atoms with Gasteiger partial charge in [-0.1, -0.05) is 6.07 Å². The Morgan fingerprint density at radius 1 is 1.39 bits per heavy atom. The van der Waals surface area contributed by atoms with Crippen molar-refractivity contribution in [2.45, 2.75) is 6.92 Å². The van der Waals surface area contributed by atoms with Crippen LogP contribution in [0.5, 0.6) is 0 Å². The molecule has 1 fully saturated rings. The van der Waals surface area contributed by atoms with Crippen molar-refractivity contribution in [2.75, 3.05) is 25.0 Å². The van der Waals surface area contributed by atoms with E-state index in [0.29, 0.717) is 17.8 Å². The number of carbonyl (C=O) groups excluding carboxylic acids is 2. The molecule has 18 heavy (non-hydrogen) atoms. The molecule has 3 N–H and O–H groups in total. The fourth-order valence-electron chi connectivity index (χ4n) is 1.72. The summed E-state index contributed by atoms with van der Waals surface area (Å²) in [7, 11) is 0. The van der Waals surface area contributed by atoms with Crippen LogP contribution in [0.15, 0.2) is 24.3 Å². The Bertz CT molecular complexity index is 455. The molecule has 0 unspecified atom stereocenters. The van der Waals surface area contributed by atoms with E-state index in [2.05, 4.69) is 16.0 Å². The molecule has 0 saturated carbocycles. The molecule has 0 aromatic heterocycles. The third-order valence-electron chi connectivity index (χ3n) is 2.88. The summed E-state index contributed by atoms with van der Waals surface area (Å²) < 4.78 is 0. The summed E-state index contributed by atoms with van der Waals surface area (Å²) >= 11 is 0. The molecule has 0 radical (unpaired) electrons. The SMILES string of the molecule is CCNC(=O)c1cccc(NC(=O)C2CNC2)c1. The molecular weight excluding hydrogens is 230 g/mol. The van der Waals surface area contributed by atoms with Crippen LogP contribution in [0.25, 0.3) is 0 Å². The fourth-order valence-corrected chi connectivity index (χ4v) is 1.72. The highest BCUT2D eigenvalue weighted by Gasteiger charge is 2.24. The van der Waals surface area contributed by atoms with Crippen molar-refractivity contribution in [3.63, 3.8) is 0 Å². The van der Waals surface area contributed by atoms with Gasteiger partial charge >= 0.3 is 0 Å².